The van der Waals surface area contributed by atoms with Crippen LogP contribution in [-0.2, 0) is 6.42 Å². The molecule has 1 unspecified atom stereocenters. The van der Waals surface area contributed by atoms with Crippen LogP contribution in [0.15, 0.2) is 48.5 Å². The number of aliphatic hydroxyl groups excluding tert-OH is 1. The molecule has 1 atom stereocenters. The molecule has 21 heavy (non-hydrogen) atoms. The van der Waals surface area contributed by atoms with Crippen LogP contribution in [0.3, 0.4) is 0 Å². The summed E-state index contributed by atoms with van der Waals surface area (Å²) in [6, 6.07) is 14.2. The summed E-state index contributed by atoms with van der Waals surface area (Å²) in [5.41, 5.74) is 2.47. The van der Waals surface area contributed by atoms with Crippen molar-refractivity contribution in [2.24, 2.45) is 5.92 Å². The largest absolute Gasteiger partial charge is 0.478 e. The monoisotopic (exact) mass is 284 g/mol. The molecular weight excluding hydrogens is 264 g/mol. The smallest absolute Gasteiger partial charge is 0.336 e. The summed E-state index contributed by atoms with van der Waals surface area (Å²) >= 11 is 0. The zero-order valence-electron chi connectivity index (χ0n) is 12.3. The van der Waals surface area contributed by atoms with Gasteiger partial charge in [0.05, 0.1) is 5.56 Å². The predicted molar refractivity (Wildman–Crippen MR) is 82.4 cm³/mol. The molecule has 2 rings (SSSR count). The van der Waals surface area contributed by atoms with Crippen molar-refractivity contribution in [1.29, 1.82) is 0 Å². The van der Waals surface area contributed by atoms with E-state index in [1.807, 2.05) is 24.3 Å². The van der Waals surface area contributed by atoms with E-state index in [-0.39, 0.29) is 5.56 Å². The van der Waals surface area contributed by atoms with Gasteiger partial charge < -0.3 is 10.2 Å². The highest BCUT2D eigenvalue weighted by molar-refractivity contribution is 5.89. The van der Waals surface area contributed by atoms with Crippen LogP contribution in [0.1, 0.15) is 47.0 Å². The van der Waals surface area contributed by atoms with Gasteiger partial charge in [-0.2, -0.15) is 0 Å². The zero-order chi connectivity index (χ0) is 15.4. The Morgan fingerprint density at radius 2 is 1.67 bits per heavy atom. The summed E-state index contributed by atoms with van der Waals surface area (Å²) in [4.78, 5) is 11.2. The lowest BCUT2D eigenvalue weighted by Crippen LogP contribution is -2.08. The van der Waals surface area contributed by atoms with Gasteiger partial charge in [-0.15, -0.1) is 0 Å². The van der Waals surface area contributed by atoms with Crippen LogP contribution in [0.5, 0.6) is 0 Å². The fraction of sp³-hybridized carbons (Fsp3) is 0.278. The standard InChI is InChI=1S/C18H20O3/c1-12(2)11-13-7-9-14(10-8-13)17(19)15-5-3-4-6-16(15)18(20)21/h3-10,12,17,19H,11H2,1-2H3,(H,20,21). The molecule has 0 aliphatic heterocycles. The van der Waals surface area contributed by atoms with Crippen LogP contribution in [-0.4, -0.2) is 16.2 Å². The maximum Gasteiger partial charge on any atom is 0.336 e. The van der Waals surface area contributed by atoms with Gasteiger partial charge in [0, 0.05) is 0 Å². The minimum atomic E-state index is -1.03. The molecule has 0 aliphatic rings. The van der Waals surface area contributed by atoms with E-state index in [9.17, 15) is 15.0 Å². The molecule has 2 aromatic carbocycles. The van der Waals surface area contributed by atoms with Crippen LogP contribution in [0.4, 0.5) is 0 Å². The van der Waals surface area contributed by atoms with Gasteiger partial charge in [-0.25, -0.2) is 4.79 Å². The molecule has 0 saturated carbocycles. The number of carboxylic acids is 1. The Hall–Kier alpha value is -2.13. The molecule has 3 heteroatoms. The first-order valence-electron chi connectivity index (χ1n) is 7.08. The average Bonchev–Trinajstić information content (AvgIpc) is 2.46. The van der Waals surface area contributed by atoms with Crippen LogP contribution >= 0.6 is 0 Å². The third-order valence-electron chi connectivity index (χ3n) is 3.43. The van der Waals surface area contributed by atoms with Gasteiger partial charge in [-0.1, -0.05) is 56.3 Å². The molecular formula is C18H20O3. The summed E-state index contributed by atoms with van der Waals surface area (Å²) in [7, 11) is 0. The highest BCUT2D eigenvalue weighted by Crippen LogP contribution is 2.25. The first-order valence-corrected chi connectivity index (χ1v) is 7.08. The van der Waals surface area contributed by atoms with E-state index in [0.29, 0.717) is 17.0 Å². The molecule has 0 aliphatic carbocycles. The Balaban J connectivity index is 2.28. The number of benzene rings is 2. The summed E-state index contributed by atoms with van der Waals surface area (Å²) in [6.45, 7) is 4.32. The van der Waals surface area contributed by atoms with Crippen molar-refractivity contribution < 1.29 is 15.0 Å². The molecule has 0 spiro atoms. The summed E-state index contributed by atoms with van der Waals surface area (Å²) in [6.07, 6.45) is 0.0626. The van der Waals surface area contributed by atoms with E-state index >= 15 is 0 Å². The second kappa shape index (κ2) is 6.55. The van der Waals surface area contributed by atoms with E-state index in [0.717, 1.165) is 6.42 Å². The molecule has 0 radical (unpaired) electrons. The van der Waals surface area contributed by atoms with E-state index in [4.69, 9.17) is 0 Å². The van der Waals surface area contributed by atoms with Crippen molar-refractivity contribution in [2.75, 3.05) is 0 Å². The molecule has 0 bridgehead atoms. The van der Waals surface area contributed by atoms with Gasteiger partial charge in [0.2, 0.25) is 0 Å². The first kappa shape index (κ1) is 15.3. The molecule has 3 nitrogen and oxygen atoms in total. The number of rotatable bonds is 5. The maximum absolute atomic E-state index is 11.2. The normalized spacial score (nSPS) is 12.4. The predicted octanol–water partition coefficient (Wildman–Crippen LogP) is 3.67. The molecule has 2 N–H and O–H groups in total. The second-order valence-corrected chi connectivity index (χ2v) is 5.63. The molecule has 0 fully saturated rings. The number of carbonyl (C=O) groups is 1. The molecule has 110 valence electrons. The van der Waals surface area contributed by atoms with Crippen molar-refractivity contribution in [3.63, 3.8) is 0 Å². The molecule has 0 saturated heterocycles. The third kappa shape index (κ3) is 3.70. The van der Waals surface area contributed by atoms with Gasteiger partial charge in [0.25, 0.3) is 0 Å². The lowest BCUT2D eigenvalue weighted by atomic mass is 9.95. The fourth-order valence-electron chi connectivity index (χ4n) is 2.42. The van der Waals surface area contributed by atoms with Gasteiger partial charge >= 0.3 is 5.97 Å². The highest BCUT2D eigenvalue weighted by atomic mass is 16.4. The second-order valence-electron chi connectivity index (χ2n) is 5.63. The van der Waals surface area contributed by atoms with Gasteiger partial charge in [-0.3, -0.25) is 0 Å². The Morgan fingerprint density at radius 3 is 2.24 bits per heavy atom. The summed E-state index contributed by atoms with van der Waals surface area (Å²) in [5, 5.41) is 19.6. The zero-order valence-corrected chi connectivity index (χ0v) is 12.3. The summed E-state index contributed by atoms with van der Waals surface area (Å²) < 4.78 is 0. The Morgan fingerprint density at radius 1 is 1.05 bits per heavy atom. The van der Waals surface area contributed by atoms with E-state index in [1.165, 1.54) is 11.6 Å². The molecule has 0 aromatic heterocycles. The van der Waals surface area contributed by atoms with Crippen LogP contribution in [0.2, 0.25) is 0 Å². The number of aliphatic hydroxyl groups is 1. The van der Waals surface area contributed by atoms with Crippen molar-refractivity contribution >= 4 is 5.97 Å². The molecule has 0 heterocycles. The number of hydrogen-bond donors (Lipinski definition) is 2. The van der Waals surface area contributed by atoms with Gasteiger partial charge in [-0.05, 0) is 35.1 Å². The minimum absolute atomic E-state index is 0.135. The van der Waals surface area contributed by atoms with E-state index in [2.05, 4.69) is 13.8 Å². The van der Waals surface area contributed by atoms with Crippen LogP contribution < -0.4 is 0 Å². The van der Waals surface area contributed by atoms with Crippen LogP contribution in [0, 0.1) is 5.92 Å². The van der Waals surface area contributed by atoms with E-state index in [1.54, 1.807) is 18.2 Å². The molecule has 2 aromatic rings. The van der Waals surface area contributed by atoms with Gasteiger partial charge in [0.1, 0.15) is 6.10 Å². The number of hydrogen-bond acceptors (Lipinski definition) is 2. The fourth-order valence-corrected chi connectivity index (χ4v) is 2.42. The Labute approximate surface area is 124 Å². The maximum atomic E-state index is 11.2. The Bertz CT molecular complexity index is 615. The SMILES string of the molecule is CC(C)Cc1ccc(C(O)c2ccccc2C(=O)O)cc1. The number of carboxylic acid groups (broad SMARTS) is 1. The van der Waals surface area contributed by atoms with Crippen LogP contribution in [0.25, 0.3) is 0 Å². The molecule has 0 amide bonds. The lowest BCUT2D eigenvalue weighted by molar-refractivity contribution is 0.0691. The van der Waals surface area contributed by atoms with Gasteiger partial charge in [0.15, 0.2) is 0 Å². The average molecular weight is 284 g/mol. The lowest BCUT2D eigenvalue weighted by Gasteiger charge is -2.15. The minimum Gasteiger partial charge on any atom is -0.478 e. The third-order valence-corrected chi connectivity index (χ3v) is 3.43. The quantitative estimate of drug-likeness (QED) is 0.880. The van der Waals surface area contributed by atoms with Crippen molar-refractivity contribution in [3.05, 3.63) is 70.8 Å². The topological polar surface area (TPSA) is 57.5 Å². The first-order chi connectivity index (χ1) is 9.99. The van der Waals surface area contributed by atoms with Crippen molar-refractivity contribution in [2.45, 2.75) is 26.4 Å². The highest BCUT2D eigenvalue weighted by Gasteiger charge is 2.17. The number of aromatic carboxylic acids is 1. The van der Waals surface area contributed by atoms with Crippen molar-refractivity contribution in [3.8, 4) is 0 Å². The summed E-state index contributed by atoms with van der Waals surface area (Å²) in [5.74, 6) is -0.449. The van der Waals surface area contributed by atoms with E-state index < -0.39 is 12.1 Å². The van der Waals surface area contributed by atoms with Crippen molar-refractivity contribution in [1.82, 2.24) is 0 Å². The Kier molecular flexibility index (Phi) is 4.76.